The second-order valence-electron chi connectivity index (χ2n) is 9.40. The molecule has 1 aromatic carbocycles. The van der Waals surface area contributed by atoms with Gasteiger partial charge in [-0.25, -0.2) is 0 Å². The van der Waals surface area contributed by atoms with Crippen LogP contribution in [0.15, 0.2) is 24.3 Å². The number of carboxylic acid groups (broad SMARTS) is 2. The van der Waals surface area contributed by atoms with E-state index in [9.17, 15) is 9.90 Å². The third-order valence-electron chi connectivity index (χ3n) is 7.22. The smallest absolute Gasteiger partial charge is 0.312 e. The molecule has 0 saturated carbocycles. The SMILES string of the molecule is Cc1nnc(N2CCC3(CC2)CC(CN2CCC(O)CC2)OC3=O)c2ccccc12.O=CO.O=CO. The zero-order chi connectivity index (χ0) is 26.1. The summed E-state index contributed by atoms with van der Waals surface area (Å²) in [6, 6.07) is 8.26. The van der Waals surface area contributed by atoms with E-state index in [0.717, 1.165) is 87.1 Å². The second-order valence-corrected chi connectivity index (χ2v) is 9.40. The predicted molar refractivity (Wildman–Crippen MR) is 132 cm³/mol. The summed E-state index contributed by atoms with van der Waals surface area (Å²) >= 11 is 0. The summed E-state index contributed by atoms with van der Waals surface area (Å²) in [6.07, 6.45) is 3.82. The van der Waals surface area contributed by atoms with Crippen LogP contribution in [0.25, 0.3) is 10.8 Å². The molecule has 1 spiro atoms. The number of aliphatic hydroxyl groups is 1. The van der Waals surface area contributed by atoms with Gasteiger partial charge in [0, 0.05) is 49.9 Å². The van der Waals surface area contributed by atoms with Gasteiger partial charge in [0.15, 0.2) is 5.82 Å². The van der Waals surface area contributed by atoms with Gasteiger partial charge >= 0.3 is 5.97 Å². The van der Waals surface area contributed by atoms with E-state index < -0.39 is 0 Å². The Hall–Kier alpha value is -3.31. The average molecular weight is 503 g/mol. The molecule has 0 radical (unpaired) electrons. The van der Waals surface area contributed by atoms with Crippen molar-refractivity contribution in [1.82, 2.24) is 15.1 Å². The van der Waals surface area contributed by atoms with Gasteiger partial charge in [-0.15, -0.1) is 5.10 Å². The van der Waals surface area contributed by atoms with Crippen molar-refractivity contribution in [1.29, 1.82) is 0 Å². The molecule has 5 rings (SSSR count). The second kappa shape index (κ2) is 12.6. The molecule has 3 aliphatic heterocycles. The lowest BCUT2D eigenvalue weighted by atomic mass is 9.76. The van der Waals surface area contributed by atoms with Crippen molar-refractivity contribution in [3.8, 4) is 0 Å². The molecule has 3 N–H and O–H groups in total. The molecule has 36 heavy (non-hydrogen) atoms. The van der Waals surface area contributed by atoms with Crippen molar-refractivity contribution in [2.24, 2.45) is 5.41 Å². The average Bonchev–Trinajstić information content (AvgIpc) is 3.16. The van der Waals surface area contributed by atoms with Crippen molar-refractivity contribution in [2.45, 2.75) is 51.2 Å². The Morgan fingerprint density at radius 1 is 1.03 bits per heavy atom. The van der Waals surface area contributed by atoms with Crippen molar-refractivity contribution in [2.75, 3.05) is 37.6 Å². The van der Waals surface area contributed by atoms with E-state index in [2.05, 4.69) is 32.1 Å². The van der Waals surface area contributed by atoms with Crippen LogP contribution in [-0.4, -0.2) is 94.3 Å². The van der Waals surface area contributed by atoms with E-state index in [0.29, 0.717) is 0 Å². The molecule has 1 atom stereocenters. The number of likely N-dealkylation sites (tertiary alicyclic amines) is 1. The number of rotatable bonds is 3. The maximum absolute atomic E-state index is 12.8. The molecular formula is C25H34N4O7. The van der Waals surface area contributed by atoms with Gasteiger partial charge in [-0.2, -0.15) is 5.10 Å². The van der Waals surface area contributed by atoms with Gasteiger partial charge in [0.05, 0.1) is 17.2 Å². The molecule has 11 heteroatoms. The van der Waals surface area contributed by atoms with Crippen LogP contribution in [0.3, 0.4) is 0 Å². The van der Waals surface area contributed by atoms with E-state index in [4.69, 9.17) is 24.5 Å². The molecule has 0 amide bonds. The van der Waals surface area contributed by atoms with E-state index in [1.807, 2.05) is 19.1 Å². The third-order valence-corrected chi connectivity index (χ3v) is 7.22. The highest BCUT2D eigenvalue weighted by atomic mass is 16.6. The monoisotopic (exact) mass is 502 g/mol. The number of hydrogen-bond donors (Lipinski definition) is 3. The van der Waals surface area contributed by atoms with Gasteiger partial charge in [0.1, 0.15) is 6.10 Å². The molecule has 1 aromatic heterocycles. The van der Waals surface area contributed by atoms with Crippen molar-refractivity contribution in [3.63, 3.8) is 0 Å². The van der Waals surface area contributed by atoms with Gasteiger partial charge in [-0.3, -0.25) is 19.3 Å². The maximum atomic E-state index is 12.8. The Labute approximate surface area is 209 Å². The zero-order valence-electron chi connectivity index (χ0n) is 20.5. The van der Waals surface area contributed by atoms with Crippen LogP contribution in [0.4, 0.5) is 5.82 Å². The molecule has 2 aromatic rings. The van der Waals surface area contributed by atoms with Crippen LogP contribution in [0.1, 0.15) is 37.8 Å². The Morgan fingerprint density at radius 2 is 1.61 bits per heavy atom. The topological polar surface area (TPSA) is 153 Å². The van der Waals surface area contributed by atoms with Gasteiger partial charge in [0.25, 0.3) is 12.9 Å². The molecule has 3 saturated heterocycles. The van der Waals surface area contributed by atoms with Crippen LogP contribution in [-0.2, 0) is 19.1 Å². The quantitative estimate of drug-likeness (QED) is 0.415. The largest absolute Gasteiger partial charge is 0.483 e. The van der Waals surface area contributed by atoms with E-state index in [-0.39, 0.29) is 36.5 Å². The van der Waals surface area contributed by atoms with Gasteiger partial charge in [0.2, 0.25) is 0 Å². The minimum atomic E-state index is -0.357. The Kier molecular flexibility index (Phi) is 9.54. The van der Waals surface area contributed by atoms with Crippen LogP contribution in [0.2, 0.25) is 0 Å². The fraction of sp³-hybridized carbons (Fsp3) is 0.560. The summed E-state index contributed by atoms with van der Waals surface area (Å²) in [4.78, 5) is 34.1. The minimum absolute atomic E-state index is 0.0240. The number of cyclic esters (lactones) is 1. The van der Waals surface area contributed by atoms with Crippen LogP contribution in [0.5, 0.6) is 0 Å². The number of anilines is 1. The fourth-order valence-corrected chi connectivity index (χ4v) is 5.34. The Balaban J connectivity index is 0.000000550. The summed E-state index contributed by atoms with van der Waals surface area (Å²) in [5.74, 6) is 0.893. The standard InChI is InChI=1S/C23H30N4O3.2CH2O2/c1-16-19-4-2-3-5-20(19)21(25-24-16)27-12-8-23(9-13-27)14-18(30-22(23)29)15-26-10-6-17(28)7-11-26;2*2-1-3/h2-5,17-18,28H,6-15H2,1H3;2*1H,(H,2,3). The number of aliphatic hydroxyl groups excluding tert-OH is 1. The van der Waals surface area contributed by atoms with Crippen molar-refractivity contribution in [3.05, 3.63) is 30.0 Å². The number of aromatic nitrogens is 2. The zero-order valence-corrected chi connectivity index (χ0v) is 20.5. The first-order valence-electron chi connectivity index (χ1n) is 12.1. The summed E-state index contributed by atoms with van der Waals surface area (Å²) in [7, 11) is 0. The molecule has 3 aliphatic rings. The number of hydrogen-bond acceptors (Lipinski definition) is 9. The Morgan fingerprint density at radius 3 is 2.22 bits per heavy atom. The maximum Gasteiger partial charge on any atom is 0.312 e. The van der Waals surface area contributed by atoms with E-state index in [1.54, 1.807) is 0 Å². The molecule has 1 unspecified atom stereocenters. The van der Waals surface area contributed by atoms with Gasteiger partial charge in [-0.05, 0) is 32.6 Å². The molecule has 3 fully saturated rings. The van der Waals surface area contributed by atoms with Crippen LogP contribution < -0.4 is 4.90 Å². The highest BCUT2D eigenvalue weighted by Crippen LogP contribution is 2.44. The summed E-state index contributed by atoms with van der Waals surface area (Å²) < 4.78 is 5.82. The number of carbonyl (C=O) groups excluding carboxylic acids is 1. The first-order chi connectivity index (χ1) is 17.4. The van der Waals surface area contributed by atoms with Crippen LogP contribution in [0, 0.1) is 12.3 Å². The lowest BCUT2D eigenvalue weighted by Crippen LogP contribution is -2.43. The highest BCUT2D eigenvalue weighted by molar-refractivity contribution is 5.93. The number of esters is 1. The Bertz CT molecular complexity index is 1030. The van der Waals surface area contributed by atoms with Crippen LogP contribution >= 0.6 is 0 Å². The molecule has 0 bridgehead atoms. The van der Waals surface area contributed by atoms with E-state index in [1.165, 1.54) is 0 Å². The molecular weight excluding hydrogens is 468 g/mol. The predicted octanol–water partition coefficient (Wildman–Crippen LogP) is 1.70. The molecule has 4 heterocycles. The first-order valence-corrected chi connectivity index (χ1v) is 12.1. The van der Waals surface area contributed by atoms with E-state index >= 15 is 0 Å². The lowest BCUT2D eigenvalue weighted by molar-refractivity contribution is -0.150. The number of piperidine rings is 2. The lowest BCUT2D eigenvalue weighted by Gasteiger charge is -2.37. The summed E-state index contributed by atoms with van der Waals surface area (Å²) in [6.45, 7) is 5.63. The number of carbonyl (C=O) groups is 3. The number of fused-ring (bicyclic) bond motifs is 1. The van der Waals surface area contributed by atoms with Gasteiger partial charge < -0.3 is 25.0 Å². The summed E-state index contributed by atoms with van der Waals surface area (Å²) in [5, 5.41) is 34.6. The number of nitrogens with zero attached hydrogens (tertiary/aromatic N) is 4. The van der Waals surface area contributed by atoms with Crippen molar-refractivity contribution >= 4 is 35.5 Å². The number of ether oxygens (including phenoxy) is 1. The fourth-order valence-electron chi connectivity index (χ4n) is 5.34. The molecule has 0 aliphatic carbocycles. The number of aryl methyl sites for hydroxylation is 1. The normalized spacial score (nSPS) is 21.7. The summed E-state index contributed by atoms with van der Waals surface area (Å²) in [5.41, 5.74) is 0.583. The minimum Gasteiger partial charge on any atom is -0.483 e. The number of benzene rings is 1. The molecule has 11 nitrogen and oxygen atoms in total. The molecule has 196 valence electrons. The van der Waals surface area contributed by atoms with Crippen molar-refractivity contribution < 1.29 is 34.4 Å². The highest BCUT2D eigenvalue weighted by Gasteiger charge is 2.50. The van der Waals surface area contributed by atoms with Gasteiger partial charge in [-0.1, -0.05) is 24.3 Å². The first kappa shape index (κ1) is 27.3. The third kappa shape index (κ3) is 6.27.